The first-order chi connectivity index (χ1) is 12.7. The van der Waals surface area contributed by atoms with Crippen molar-refractivity contribution >= 4 is 27.6 Å². The van der Waals surface area contributed by atoms with Crippen molar-refractivity contribution in [3.63, 3.8) is 0 Å². The minimum Gasteiger partial charge on any atom is -0.289 e. The summed E-state index contributed by atoms with van der Waals surface area (Å²) in [4.78, 5) is 17.8. The standard InChI is InChI=1S/C21H14FN3O/c22-15-10-11-19-17(12-15)23-20-16-8-4-5-9-18(16)24(21(26)25(19)20)13-14-6-2-1-3-7-14/h1-12H,13H2. The Bertz CT molecular complexity index is 1340. The molecule has 0 unspecified atom stereocenters. The molecule has 0 aliphatic carbocycles. The molecule has 0 saturated carbocycles. The Balaban J connectivity index is 1.93. The van der Waals surface area contributed by atoms with Crippen molar-refractivity contribution in [1.82, 2.24) is 14.0 Å². The minimum absolute atomic E-state index is 0.184. The lowest BCUT2D eigenvalue weighted by Gasteiger charge is -2.12. The lowest BCUT2D eigenvalue weighted by molar-refractivity contribution is 0.629. The molecule has 5 aromatic rings. The van der Waals surface area contributed by atoms with Crippen molar-refractivity contribution in [1.29, 1.82) is 0 Å². The molecule has 3 aromatic carbocycles. The Hall–Kier alpha value is -3.47. The van der Waals surface area contributed by atoms with Crippen LogP contribution in [0.2, 0.25) is 0 Å². The molecule has 2 aromatic heterocycles. The molecular formula is C21H14FN3O. The van der Waals surface area contributed by atoms with Crippen LogP contribution >= 0.6 is 0 Å². The molecule has 26 heavy (non-hydrogen) atoms. The van der Waals surface area contributed by atoms with Gasteiger partial charge in [-0.2, -0.15) is 0 Å². The number of para-hydroxylation sites is 1. The van der Waals surface area contributed by atoms with Crippen LogP contribution in [0.15, 0.2) is 77.6 Å². The first kappa shape index (κ1) is 14.8. The van der Waals surface area contributed by atoms with Crippen molar-refractivity contribution in [2.24, 2.45) is 0 Å². The first-order valence-electron chi connectivity index (χ1n) is 8.35. The molecule has 126 valence electrons. The van der Waals surface area contributed by atoms with Gasteiger partial charge in [0.2, 0.25) is 0 Å². The van der Waals surface area contributed by atoms with Crippen LogP contribution in [0.25, 0.3) is 27.6 Å². The van der Waals surface area contributed by atoms with Crippen LogP contribution in [0.5, 0.6) is 0 Å². The summed E-state index contributed by atoms with van der Waals surface area (Å²) >= 11 is 0. The fourth-order valence-electron chi connectivity index (χ4n) is 3.47. The zero-order valence-corrected chi connectivity index (χ0v) is 13.8. The van der Waals surface area contributed by atoms with E-state index in [1.54, 1.807) is 15.0 Å². The number of imidazole rings is 1. The van der Waals surface area contributed by atoms with Gasteiger partial charge >= 0.3 is 5.69 Å². The lowest BCUT2D eigenvalue weighted by atomic mass is 10.2. The van der Waals surface area contributed by atoms with Crippen LogP contribution in [0.3, 0.4) is 0 Å². The molecule has 5 rings (SSSR count). The van der Waals surface area contributed by atoms with E-state index in [0.29, 0.717) is 23.2 Å². The Morgan fingerprint density at radius 2 is 1.65 bits per heavy atom. The summed E-state index contributed by atoms with van der Waals surface area (Å²) < 4.78 is 16.9. The largest absolute Gasteiger partial charge is 0.335 e. The third kappa shape index (κ3) is 2.14. The SMILES string of the molecule is O=c1n(Cc2ccccc2)c2ccccc2c2nc3cc(F)ccc3n12. The molecule has 0 spiro atoms. The van der Waals surface area contributed by atoms with E-state index in [2.05, 4.69) is 4.98 Å². The molecule has 0 amide bonds. The number of hydrogen-bond donors (Lipinski definition) is 0. The van der Waals surface area contributed by atoms with E-state index in [0.717, 1.165) is 16.5 Å². The Morgan fingerprint density at radius 1 is 0.885 bits per heavy atom. The number of aromatic nitrogens is 3. The second kappa shape index (κ2) is 5.52. The van der Waals surface area contributed by atoms with Gasteiger partial charge in [0.1, 0.15) is 5.82 Å². The van der Waals surface area contributed by atoms with E-state index in [9.17, 15) is 9.18 Å². The number of hydrogen-bond acceptors (Lipinski definition) is 2. The van der Waals surface area contributed by atoms with Crippen LogP contribution in [-0.4, -0.2) is 14.0 Å². The second-order valence-corrected chi connectivity index (χ2v) is 6.28. The molecule has 4 nitrogen and oxygen atoms in total. The van der Waals surface area contributed by atoms with Crippen molar-refractivity contribution in [2.75, 3.05) is 0 Å². The number of halogens is 1. The summed E-state index contributed by atoms with van der Waals surface area (Å²) in [5, 5.41) is 0.861. The molecule has 0 fully saturated rings. The zero-order valence-electron chi connectivity index (χ0n) is 13.8. The van der Waals surface area contributed by atoms with Gasteiger partial charge in [-0.15, -0.1) is 0 Å². The van der Waals surface area contributed by atoms with Crippen LogP contribution in [0.1, 0.15) is 5.56 Å². The van der Waals surface area contributed by atoms with Gasteiger partial charge < -0.3 is 0 Å². The maximum atomic E-state index is 13.6. The van der Waals surface area contributed by atoms with E-state index in [4.69, 9.17) is 0 Å². The molecule has 0 aliphatic rings. The summed E-state index contributed by atoms with van der Waals surface area (Å²) in [5.41, 5.74) is 3.30. The quantitative estimate of drug-likeness (QED) is 0.486. The normalized spacial score (nSPS) is 11.6. The summed E-state index contributed by atoms with van der Waals surface area (Å²) in [5.74, 6) is -0.366. The third-order valence-electron chi connectivity index (χ3n) is 4.66. The average molecular weight is 343 g/mol. The Kier molecular flexibility index (Phi) is 3.15. The molecule has 0 bridgehead atoms. The number of benzene rings is 3. The molecule has 0 saturated heterocycles. The summed E-state index contributed by atoms with van der Waals surface area (Å²) in [6.07, 6.45) is 0. The van der Waals surface area contributed by atoms with Gasteiger partial charge in [0.15, 0.2) is 5.65 Å². The number of nitrogens with zero attached hydrogens (tertiary/aromatic N) is 3. The highest BCUT2D eigenvalue weighted by molar-refractivity contribution is 5.96. The maximum Gasteiger partial charge on any atom is 0.335 e. The fourth-order valence-corrected chi connectivity index (χ4v) is 3.47. The molecule has 0 N–H and O–H groups in total. The van der Waals surface area contributed by atoms with Crippen molar-refractivity contribution in [2.45, 2.75) is 6.54 Å². The lowest BCUT2D eigenvalue weighted by Crippen LogP contribution is -2.27. The minimum atomic E-state index is -0.366. The van der Waals surface area contributed by atoms with Gasteiger partial charge in [-0.25, -0.2) is 18.6 Å². The highest BCUT2D eigenvalue weighted by Crippen LogP contribution is 2.23. The van der Waals surface area contributed by atoms with E-state index < -0.39 is 0 Å². The van der Waals surface area contributed by atoms with E-state index in [1.807, 2.05) is 54.6 Å². The van der Waals surface area contributed by atoms with Crippen LogP contribution < -0.4 is 5.69 Å². The van der Waals surface area contributed by atoms with Gasteiger partial charge in [0.25, 0.3) is 0 Å². The average Bonchev–Trinajstić information content (AvgIpc) is 3.05. The number of fused-ring (bicyclic) bond motifs is 5. The second-order valence-electron chi connectivity index (χ2n) is 6.28. The van der Waals surface area contributed by atoms with Crippen molar-refractivity contribution in [3.8, 4) is 0 Å². The van der Waals surface area contributed by atoms with Crippen LogP contribution in [-0.2, 0) is 6.54 Å². The van der Waals surface area contributed by atoms with Crippen molar-refractivity contribution < 1.29 is 4.39 Å². The fraction of sp³-hybridized carbons (Fsp3) is 0.0476. The maximum absolute atomic E-state index is 13.6. The molecule has 0 aliphatic heterocycles. The summed E-state index contributed by atoms with van der Waals surface area (Å²) in [6, 6.07) is 21.8. The monoisotopic (exact) mass is 343 g/mol. The number of rotatable bonds is 2. The van der Waals surface area contributed by atoms with Gasteiger partial charge in [-0.1, -0.05) is 42.5 Å². The van der Waals surface area contributed by atoms with Crippen LogP contribution in [0, 0.1) is 5.82 Å². The highest BCUT2D eigenvalue weighted by Gasteiger charge is 2.15. The smallest absolute Gasteiger partial charge is 0.289 e. The highest BCUT2D eigenvalue weighted by atomic mass is 19.1. The summed E-state index contributed by atoms with van der Waals surface area (Å²) in [7, 11) is 0. The predicted octanol–water partition coefficient (Wildman–Crippen LogP) is 3.99. The van der Waals surface area contributed by atoms with E-state index >= 15 is 0 Å². The molecule has 0 radical (unpaired) electrons. The van der Waals surface area contributed by atoms with Gasteiger partial charge in [0, 0.05) is 11.5 Å². The topological polar surface area (TPSA) is 39.3 Å². The van der Waals surface area contributed by atoms with Crippen molar-refractivity contribution in [3.05, 3.63) is 94.7 Å². The Labute approximate surface area is 147 Å². The molecule has 0 atom stereocenters. The van der Waals surface area contributed by atoms with E-state index in [1.165, 1.54) is 12.1 Å². The van der Waals surface area contributed by atoms with Gasteiger partial charge in [-0.05, 0) is 29.8 Å². The van der Waals surface area contributed by atoms with E-state index in [-0.39, 0.29) is 11.5 Å². The molecule has 5 heteroatoms. The zero-order chi connectivity index (χ0) is 17.7. The Morgan fingerprint density at radius 3 is 2.50 bits per heavy atom. The molecule has 2 heterocycles. The van der Waals surface area contributed by atoms with Crippen LogP contribution in [0.4, 0.5) is 4.39 Å². The van der Waals surface area contributed by atoms with Gasteiger partial charge in [0.05, 0.1) is 23.1 Å². The third-order valence-corrected chi connectivity index (χ3v) is 4.66. The summed E-state index contributed by atoms with van der Waals surface area (Å²) in [6.45, 7) is 0.455. The molecular weight excluding hydrogens is 329 g/mol. The van der Waals surface area contributed by atoms with Gasteiger partial charge in [-0.3, -0.25) is 4.57 Å². The predicted molar refractivity (Wildman–Crippen MR) is 100.0 cm³/mol. The first-order valence-corrected chi connectivity index (χ1v) is 8.35.